The van der Waals surface area contributed by atoms with E-state index >= 15 is 0 Å². The highest BCUT2D eigenvalue weighted by Crippen LogP contribution is 2.38. The largest absolute Gasteiger partial charge is 0.378 e. The Hall–Kier alpha value is -0.440. The summed E-state index contributed by atoms with van der Waals surface area (Å²) in [5.74, 6) is 2.10. The van der Waals surface area contributed by atoms with Crippen LogP contribution in [0.4, 0.5) is 4.39 Å². The number of ketones is 1. The van der Waals surface area contributed by atoms with Crippen LogP contribution < -0.4 is 0 Å². The summed E-state index contributed by atoms with van der Waals surface area (Å²) in [5.41, 5.74) is 0. The lowest BCUT2D eigenvalue weighted by molar-refractivity contribution is -0.121. The van der Waals surface area contributed by atoms with Gasteiger partial charge in [0.05, 0.1) is 12.8 Å². The van der Waals surface area contributed by atoms with Crippen LogP contribution >= 0.6 is 0 Å². The van der Waals surface area contributed by atoms with Gasteiger partial charge in [0.25, 0.3) is 0 Å². The van der Waals surface area contributed by atoms with Crippen LogP contribution in [0.15, 0.2) is 0 Å². The summed E-state index contributed by atoms with van der Waals surface area (Å²) in [6.07, 6.45) is 13.2. The van der Waals surface area contributed by atoms with E-state index in [1.165, 1.54) is 25.7 Å². The summed E-state index contributed by atoms with van der Waals surface area (Å²) in [7, 11) is 0. The molecular formula is C18H31FO2. The highest BCUT2D eigenvalue weighted by molar-refractivity contribution is 5.79. The maximum atomic E-state index is 12.0. The molecule has 0 amide bonds. The van der Waals surface area contributed by atoms with Gasteiger partial charge in [-0.3, -0.25) is 9.18 Å². The lowest BCUT2D eigenvalue weighted by atomic mass is 9.72. The maximum absolute atomic E-state index is 12.0. The average molecular weight is 298 g/mol. The molecule has 2 nitrogen and oxygen atoms in total. The molecule has 0 radical (unpaired) electrons. The number of ether oxygens (including phenoxy) is 1. The molecule has 0 unspecified atom stereocenters. The first-order valence-electron chi connectivity index (χ1n) is 8.99. The number of hydrogen-bond acceptors (Lipinski definition) is 2. The Morgan fingerprint density at radius 2 is 1.48 bits per heavy atom. The van der Waals surface area contributed by atoms with Gasteiger partial charge >= 0.3 is 0 Å². The van der Waals surface area contributed by atoms with Gasteiger partial charge < -0.3 is 4.74 Å². The van der Waals surface area contributed by atoms with Gasteiger partial charge in [0.1, 0.15) is 5.78 Å². The smallest absolute Gasteiger partial charge is 0.132 e. The van der Waals surface area contributed by atoms with Gasteiger partial charge in [-0.05, 0) is 63.2 Å². The van der Waals surface area contributed by atoms with Crippen molar-refractivity contribution in [1.82, 2.24) is 0 Å². The standard InChI is InChI=1S/C18H31FO2/c19-13-3-1-2-4-14-21-18-11-7-16(8-12-18)15-5-9-17(20)10-6-15/h15-16,18H,1-14H2. The molecule has 122 valence electrons. The molecule has 21 heavy (non-hydrogen) atoms. The van der Waals surface area contributed by atoms with Crippen molar-refractivity contribution >= 4 is 5.78 Å². The minimum absolute atomic E-state index is 0.183. The summed E-state index contributed by atoms with van der Waals surface area (Å²) < 4.78 is 17.9. The van der Waals surface area contributed by atoms with Gasteiger partial charge in [-0.25, -0.2) is 0 Å². The fraction of sp³-hybridized carbons (Fsp3) is 0.944. The van der Waals surface area contributed by atoms with Crippen molar-refractivity contribution in [3.05, 3.63) is 0 Å². The fourth-order valence-electron chi connectivity index (χ4n) is 3.96. The highest BCUT2D eigenvalue weighted by atomic mass is 19.1. The Bertz CT molecular complexity index is 288. The zero-order chi connectivity index (χ0) is 14.9. The molecule has 2 fully saturated rings. The molecule has 2 aliphatic carbocycles. The lowest BCUT2D eigenvalue weighted by Gasteiger charge is -2.35. The summed E-state index contributed by atoms with van der Waals surface area (Å²) >= 11 is 0. The second-order valence-electron chi connectivity index (χ2n) is 6.89. The molecule has 0 heterocycles. The SMILES string of the molecule is O=C1CCC(C2CCC(OCCCCCCF)CC2)CC1. The van der Waals surface area contributed by atoms with Crippen LogP contribution in [0.1, 0.15) is 77.0 Å². The number of hydrogen-bond donors (Lipinski definition) is 0. The van der Waals surface area contributed by atoms with Crippen LogP contribution in [0, 0.1) is 11.8 Å². The molecule has 0 aromatic carbocycles. The number of alkyl halides is 1. The molecule has 0 bridgehead atoms. The van der Waals surface area contributed by atoms with Crippen molar-refractivity contribution in [2.24, 2.45) is 11.8 Å². The normalized spacial score (nSPS) is 28.0. The van der Waals surface area contributed by atoms with E-state index < -0.39 is 0 Å². The number of carbonyl (C=O) groups excluding carboxylic acids is 1. The monoisotopic (exact) mass is 298 g/mol. The number of rotatable bonds is 8. The Balaban J connectivity index is 1.53. The van der Waals surface area contributed by atoms with Gasteiger partial charge in [-0.2, -0.15) is 0 Å². The van der Waals surface area contributed by atoms with Crippen molar-refractivity contribution in [2.45, 2.75) is 83.2 Å². The van der Waals surface area contributed by atoms with E-state index in [1.54, 1.807) is 0 Å². The molecule has 0 N–H and O–H groups in total. The average Bonchev–Trinajstić information content (AvgIpc) is 2.52. The summed E-state index contributed by atoms with van der Waals surface area (Å²) in [6.45, 7) is 0.664. The third-order valence-electron chi connectivity index (χ3n) is 5.35. The number of unbranched alkanes of at least 4 members (excludes halogenated alkanes) is 3. The van der Waals surface area contributed by atoms with E-state index in [-0.39, 0.29) is 6.67 Å². The van der Waals surface area contributed by atoms with Crippen LogP contribution in [0.25, 0.3) is 0 Å². The highest BCUT2D eigenvalue weighted by Gasteiger charge is 2.30. The van der Waals surface area contributed by atoms with Crippen molar-refractivity contribution in [2.75, 3.05) is 13.3 Å². The van der Waals surface area contributed by atoms with Gasteiger partial charge in [-0.15, -0.1) is 0 Å². The summed E-state index contributed by atoms with van der Waals surface area (Å²) in [5, 5.41) is 0. The van der Waals surface area contributed by atoms with Crippen molar-refractivity contribution in [1.29, 1.82) is 0 Å². The quantitative estimate of drug-likeness (QED) is 0.599. The zero-order valence-electron chi connectivity index (χ0n) is 13.3. The van der Waals surface area contributed by atoms with Crippen LogP contribution in [0.3, 0.4) is 0 Å². The minimum Gasteiger partial charge on any atom is -0.378 e. The number of carbonyl (C=O) groups is 1. The third kappa shape index (κ3) is 6.06. The van der Waals surface area contributed by atoms with Crippen LogP contribution in [0.5, 0.6) is 0 Å². The molecule has 2 aliphatic rings. The predicted octanol–water partition coefficient (Wildman–Crippen LogP) is 4.85. The van der Waals surface area contributed by atoms with E-state index in [1.807, 2.05) is 0 Å². The molecule has 0 saturated heterocycles. The third-order valence-corrected chi connectivity index (χ3v) is 5.35. The van der Waals surface area contributed by atoms with E-state index in [0.29, 0.717) is 18.3 Å². The summed E-state index contributed by atoms with van der Waals surface area (Å²) in [4.78, 5) is 11.3. The van der Waals surface area contributed by atoms with Crippen LogP contribution in [-0.4, -0.2) is 25.2 Å². The molecule has 3 heteroatoms. The second-order valence-corrected chi connectivity index (χ2v) is 6.89. The first-order chi connectivity index (χ1) is 10.3. The summed E-state index contributed by atoms with van der Waals surface area (Å²) in [6, 6.07) is 0. The molecule has 0 aromatic heterocycles. The Kier molecular flexibility index (Phi) is 7.70. The molecule has 0 atom stereocenters. The van der Waals surface area contributed by atoms with Gasteiger partial charge in [-0.1, -0.05) is 12.8 Å². The van der Waals surface area contributed by atoms with Crippen molar-refractivity contribution in [3.63, 3.8) is 0 Å². The van der Waals surface area contributed by atoms with E-state index in [0.717, 1.165) is 63.4 Å². The van der Waals surface area contributed by atoms with E-state index in [9.17, 15) is 9.18 Å². The predicted molar refractivity (Wildman–Crippen MR) is 83.1 cm³/mol. The Labute approximate surface area is 128 Å². The second kappa shape index (κ2) is 9.55. The minimum atomic E-state index is -0.183. The van der Waals surface area contributed by atoms with Crippen molar-refractivity contribution in [3.8, 4) is 0 Å². The van der Waals surface area contributed by atoms with Gasteiger partial charge in [0.2, 0.25) is 0 Å². The molecule has 2 rings (SSSR count). The van der Waals surface area contributed by atoms with Gasteiger partial charge in [0, 0.05) is 19.4 Å². The van der Waals surface area contributed by atoms with Crippen LogP contribution in [-0.2, 0) is 9.53 Å². The molecule has 2 saturated carbocycles. The van der Waals surface area contributed by atoms with Crippen LogP contribution in [0.2, 0.25) is 0 Å². The molecular weight excluding hydrogens is 267 g/mol. The molecule has 0 aromatic rings. The van der Waals surface area contributed by atoms with Gasteiger partial charge in [0.15, 0.2) is 0 Å². The topological polar surface area (TPSA) is 26.3 Å². The maximum Gasteiger partial charge on any atom is 0.132 e. The number of Topliss-reactive ketones (excluding diaryl/α,β-unsaturated/α-hetero) is 1. The first-order valence-corrected chi connectivity index (χ1v) is 8.99. The molecule has 0 spiro atoms. The zero-order valence-corrected chi connectivity index (χ0v) is 13.3. The molecule has 0 aliphatic heterocycles. The fourth-order valence-corrected chi connectivity index (χ4v) is 3.96. The van der Waals surface area contributed by atoms with E-state index in [4.69, 9.17) is 4.74 Å². The van der Waals surface area contributed by atoms with E-state index in [2.05, 4.69) is 0 Å². The Morgan fingerprint density at radius 1 is 0.857 bits per heavy atom. The lowest BCUT2D eigenvalue weighted by Crippen LogP contribution is -2.28. The first kappa shape index (κ1) is 16.9. The number of halogens is 1. The Morgan fingerprint density at radius 3 is 2.14 bits per heavy atom. The van der Waals surface area contributed by atoms with Crippen molar-refractivity contribution < 1.29 is 13.9 Å².